The number of carbonyl (C=O) groups is 11. The fourth-order valence-electron chi connectivity index (χ4n) is 15.9. The summed E-state index contributed by atoms with van der Waals surface area (Å²) >= 11 is 0. The highest BCUT2D eigenvalue weighted by molar-refractivity contribution is 6.00. The number of fused-ring (bicyclic) bond motifs is 2. The molecule has 22 nitrogen and oxygen atoms in total. The number of carbonyl (C=O) groups excluding carboxylic acids is 11. The summed E-state index contributed by atoms with van der Waals surface area (Å²) in [5.74, 6) is -21.0. The van der Waals surface area contributed by atoms with Crippen LogP contribution in [0.1, 0.15) is 183 Å². The largest absolute Gasteiger partial charge is 0.397 e. The molecule has 0 radical (unpaired) electrons. The summed E-state index contributed by atoms with van der Waals surface area (Å²) in [6.07, 6.45) is -16.7. The van der Waals surface area contributed by atoms with Crippen LogP contribution in [-0.4, -0.2) is 245 Å². The summed E-state index contributed by atoms with van der Waals surface area (Å²) in [6.45, 7) is 7.75. The molecule has 7 rings (SSSR count). The fraction of sp³-hybridized carbons (Fsp3) is 0.841. The van der Waals surface area contributed by atoms with Gasteiger partial charge < -0.3 is 55.6 Å². The third-order valence-electron chi connectivity index (χ3n) is 22.9. The van der Waals surface area contributed by atoms with Crippen molar-refractivity contribution < 1.29 is 96.6 Å². The zero-order valence-corrected chi connectivity index (χ0v) is 60.0. The first-order valence-electron chi connectivity index (χ1n) is 36.0. The lowest BCUT2D eigenvalue weighted by atomic mass is 9.74. The van der Waals surface area contributed by atoms with Crippen LogP contribution >= 0.6 is 0 Å². The average Bonchev–Trinajstić information content (AvgIpc) is 1.74. The van der Waals surface area contributed by atoms with Crippen molar-refractivity contribution in [2.75, 3.05) is 54.9 Å². The van der Waals surface area contributed by atoms with Crippen LogP contribution in [0, 0.1) is 41.4 Å². The molecular weight excluding hydrogens is 1350 g/mol. The van der Waals surface area contributed by atoms with Crippen molar-refractivity contribution in [3.63, 3.8) is 0 Å². The quantitative estimate of drug-likeness (QED) is 0.162. The highest BCUT2D eigenvalue weighted by atomic mass is 19.4. The standard InChI is InChI=1S/C69H105F10N11O11/c1-12-38(4)55-63(99)86(9)40(6)60(96)89-28-25-49(89)57(93)81-48(33-41-19-22-44(23-20-41)68(74,75)76)61(97)84(7)35-52(91)80-47(24-21-42-31-45(70)54(46(71)32-42)69(77,78)79)62(98)90-36-67(72,73)34-51(90)59(95)83-66(26-16-27-66)65(101)88(11)56(43-17-14-13-15-18-43)64(100)85(8)39(5)30-53(92)87(10)50(29-37(2)3)58(94)82-55/h37-51,54-56H,12-36H2,1-11H3,(H,80,91)(H,81,93)(H,82,94)(H,83,95)/t38-,39+,40-,41?,42?,44?,45?,46?,47-,48-,49-,50-,51-,54?,55-,56-/m0/s1. The van der Waals surface area contributed by atoms with E-state index >= 15 is 31.9 Å². The van der Waals surface area contributed by atoms with E-state index in [-0.39, 0.29) is 76.7 Å². The van der Waals surface area contributed by atoms with Crippen molar-refractivity contribution in [3.05, 3.63) is 0 Å². The van der Waals surface area contributed by atoms with Gasteiger partial charge in [0.25, 0.3) is 5.92 Å². The number of halogens is 10. The summed E-state index contributed by atoms with van der Waals surface area (Å²) in [5, 5.41) is 10.5. The number of rotatable bonds is 10. The topological polar surface area (TPSA) is 259 Å². The number of hydrogen-bond acceptors (Lipinski definition) is 11. The van der Waals surface area contributed by atoms with Crippen LogP contribution in [0.5, 0.6) is 0 Å². The average molecular weight is 1450 g/mol. The molecule has 572 valence electrons. The van der Waals surface area contributed by atoms with Gasteiger partial charge in [-0.1, -0.05) is 53.4 Å². The number of alkyl halides is 10. The molecule has 0 bridgehead atoms. The van der Waals surface area contributed by atoms with Gasteiger partial charge in [0.1, 0.15) is 72.1 Å². The molecule has 7 aliphatic rings. The van der Waals surface area contributed by atoms with Gasteiger partial charge >= 0.3 is 12.4 Å². The zero-order valence-electron chi connectivity index (χ0n) is 60.0. The van der Waals surface area contributed by atoms with Crippen molar-refractivity contribution in [2.24, 2.45) is 41.4 Å². The molecule has 2 unspecified atom stereocenters. The molecule has 4 N–H and O–H groups in total. The van der Waals surface area contributed by atoms with Gasteiger partial charge in [0.05, 0.1) is 19.0 Å². The highest BCUT2D eigenvalue weighted by Gasteiger charge is 2.58. The molecule has 0 aromatic rings. The van der Waals surface area contributed by atoms with Gasteiger partial charge in [-0.05, 0) is 146 Å². The van der Waals surface area contributed by atoms with E-state index in [1.54, 1.807) is 20.8 Å². The Kier molecular flexibility index (Phi) is 27.1. The predicted octanol–water partition coefficient (Wildman–Crippen LogP) is 7.00. The van der Waals surface area contributed by atoms with Gasteiger partial charge in [-0.2, -0.15) is 26.3 Å². The second kappa shape index (κ2) is 33.5. The minimum Gasteiger partial charge on any atom is -0.343 e. The normalized spacial score (nSPS) is 33.5. The molecule has 101 heavy (non-hydrogen) atoms. The SMILES string of the molecule is CC[C@H](C)[C@@H]1NC(=O)[C@H](CC(C)C)N(C)C(=O)C[C@@H](C)N(C)C(=O)[C@H](C2CCCCC2)N(C)C(=O)C2(CCC2)NC(=O)[C@@H]2CC(F)(F)CN2C(=O)[C@H](CCC2CC(F)C(C(F)(F)F)C(F)C2)NC(=O)CN(C)C(=O)[C@H](CC2CCC(C(F)(F)F)CC2)NC(=O)[C@@H]2CCN2C(=O)[C@H](C)N(C)C1=O. The maximum Gasteiger partial charge on any atom is 0.397 e. The minimum atomic E-state index is -5.26. The number of hydrogen-bond donors (Lipinski definition) is 4. The Hall–Kier alpha value is -6.53. The number of amides is 11. The van der Waals surface area contributed by atoms with E-state index in [0.29, 0.717) is 43.4 Å². The number of likely N-dealkylation sites (N-methyl/N-ethyl adjacent to an activating group) is 5. The van der Waals surface area contributed by atoms with E-state index in [1.165, 1.54) is 49.8 Å². The van der Waals surface area contributed by atoms with Gasteiger partial charge in [-0.15, -0.1) is 0 Å². The van der Waals surface area contributed by atoms with Crippen LogP contribution in [0.25, 0.3) is 0 Å². The lowest BCUT2D eigenvalue weighted by molar-refractivity contribution is -0.219. The van der Waals surface area contributed by atoms with Crippen LogP contribution in [-0.2, 0) is 52.7 Å². The van der Waals surface area contributed by atoms with Crippen LogP contribution in [0.15, 0.2) is 0 Å². The van der Waals surface area contributed by atoms with Crippen LogP contribution in [0.4, 0.5) is 43.9 Å². The molecule has 3 aliphatic heterocycles. The van der Waals surface area contributed by atoms with Crippen LogP contribution < -0.4 is 21.3 Å². The number of nitrogens with one attached hydrogen (secondary N) is 4. The molecule has 0 aromatic carbocycles. The van der Waals surface area contributed by atoms with Gasteiger partial charge in [0, 0.05) is 60.7 Å². The summed E-state index contributed by atoms with van der Waals surface area (Å²) in [4.78, 5) is 169. The second-order valence-corrected chi connectivity index (χ2v) is 30.6. The summed E-state index contributed by atoms with van der Waals surface area (Å²) in [5.41, 5.74) is -1.82. The minimum absolute atomic E-state index is 0.00864. The third kappa shape index (κ3) is 19.5. The monoisotopic (exact) mass is 1450 g/mol. The molecule has 32 heteroatoms. The molecule has 3 saturated heterocycles. The zero-order chi connectivity index (χ0) is 75.3. The van der Waals surface area contributed by atoms with E-state index < -0.39 is 236 Å². The van der Waals surface area contributed by atoms with E-state index in [4.69, 9.17) is 0 Å². The van der Waals surface area contributed by atoms with Gasteiger partial charge in [-0.25, -0.2) is 17.6 Å². The smallest absolute Gasteiger partial charge is 0.343 e. The molecule has 7 fully saturated rings. The lowest BCUT2D eigenvalue weighted by Gasteiger charge is -2.47. The molecule has 4 saturated carbocycles. The predicted molar refractivity (Wildman–Crippen MR) is 348 cm³/mol. The van der Waals surface area contributed by atoms with Crippen LogP contribution in [0.2, 0.25) is 0 Å². The Morgan fingerprint density at radius 2 is 1.21 bits per heavy atom. The second-order valence-electron chi connectivity index (χ2n) is 30.6. The van der Waals surface area contributed by atoms with Gasteiger partial charge in [0.2, 0.25) is 65.0 Å². The molecule has 4 aliphatic carbocycles. The Morgan fingerprint density at radius 1 is 0.594 bits per heavy atom. The highest BCUT2D eigenvalue weighted by Crippen LogP contribution is 2.46. The summed E-state index contributed by atoms with van der Waals surface area (Å²) in [7, 11) is 6.72. The molecule has 12 atom stereocenters. The van der Waals surface area contributed by atoms with E-state index in [2.05, 4.69) is 21.3 Å². The van der Waals surface area contributed by atoms with E-state index in [1.807, 2.05) is 13.8 Å². The molecular formula is C69H105F10N11O11. The maximum absolute atomic E-state index is 16.0. The van der Waals surface area contributed by atoms with E-state index in [9.17, 15) is 64.7 Å². The van der Waals surface area contributed by atoms with Gasteiger partial charge in [0.15, 0.2) is 0 Å². The Bertz CT molecular complexity index is 2990. The molecule has 1 spiro atoms. The Balaban J connectivity index is 1.26. The number of nitrogens with zero attached hydrogens (tertiary/aromatic N) is 7. The first-order chi connectivity index (χ1) is 47.0. The van der Waals surface area contributed by atoms with Crippen molar-refractivity contribution in [2.45, 2.75) is 273 Å². The summed E-state index contributed by atoms with van der Waals surface area (Å²) in [6, 6.07) is -12.7. The Morgan fingerprint density at radius 3 is 1.74 bits per heavy atom. The fourth-order valence-corrected chi connectivity index (χ4v) is 15.9. The first kappa shape index (κ1) is 81.8. The van der Waals surface area contributed by atoms with Gasteiger partial charge in [-0.3, -0.25) is 52.7 Å². The summed E-state index contributed by atoms with van der Waals surface area (Å²) < 4.78 is 146. The molecule has 3 heterocycles. The van der Waals surface area contributed by atoms with Crippen LogP contribution in [0.3, 0.4) is 0 Å². The lowest BCUT2D eigenvalue weighted by Crippen LogP contribution is -2.68. The van der Waals surface area contributed by atoms with Crippen molar-refractivity contribution in [1.82, 2.24) is 55.6 Å². The van der Waals surface area contributed by atoms with Crippen molar-refractivity contribution in [1.29, 1.82) is 0 Å². The molecule has 11 amide bonds. The molecule has 0 aromatic heterocycles. The Labute approximate surface area is 584 Å². The first-order valence-corrected chi connectivity index (χ1v) is 36.0. The third-order valence-corrected chi connectivity index (χ3v) is 22.9. The van der Waals surface area contributed by atoms with Crippen molar-refractivity contribution in [3.8, 4) is 0 Å². The maximum atomic E-state index is 16.0. The van der Waals surface area contributed by atoms with Crippen molar-refractivity contribution >= 4 is 65.0 Å². The van der Waals surface area contributed by atoms with E-state index in [0.717, 1.165) is 28.2 Å².